The van der Waals surface area contributed by atoms with Crippen molar-refractivity contribution in [3.63, 3.8) is 0 Å². The number of para-hydroxylation sites is 2. The van der Waals surface area contributed by atoms with Gasteiger partial charge in [-0.2, -0.15) is 0 Å². The van der Waals surface area contributed by atoms with Crippen LogP contribution in [0.4, 0.5) is 15.8 Å². The number of nitrogens with zero attached hydrogens (tertiary/aromatic N) is 2. The van der Waals surface area contributed by atoms with Crippen molar-refractivity contribution in [2.75, 3.05) is 30.4 Å². The Morgan fingerprint density at radius 1 is 1.12 bits per heavy atom. The van der Waals surface area contributed by atoms with E-state index in [-0.39, 0.29) is 5.82 Å². The highest BCUT2D eigenvalue weighted by Crippen LogP contribution is 2.25. The van der Waals surface area contributed by atoms with Gasteiger partial charge < -0.3 is 15.1 Å². The third-order valence-electron chi connectivity index (χ3n) is 4.31. The van der Waals surface area contributed by atoms with Crippen LogP contribution >= 0.6 is 12.2 Å². The van der Waals surface area contributed by atoms with E-state index in [1.807, 2.05) is 11.9 Å². The number of benzene rings is 2. The predicted octanol–water partition coefficient (Wildman–Crippen LogP) is 4.25. The van der Waals surface area contributed by atoms with Gasteiger partial charge in [-0.3, -0.25) is 0 Å². The normalized spacial score (nSPS) is 13.8. The summed E-state index contributed by atoms with van der Waals surface area (Å²) in [6.45, 7) is 2.91. The molecule has 0 unspecified atom stereocenters. The Kier molecular flexibility index (Phi) is 5.30. The summed E-state index contributed by atoms with van der Waals surface area (Å²) < 4.78 is 13.8. The average molecular weight is 343 g/mol. The highest BCUT2D eigenvalue weighted by atomic mass is 32.1. The van der Waals surface area contributed by atoms with Crippen molar-refractivity contribution in [1.82, 2.24) is 4.90 Å². The summed E-state index contributed by atoms with van der Waals surface area (Å²) in [6, 6.07) is 15.0. The van der Waals surface area contributed by atoms with Crippen molar-refractivity contribution >= 4 is 28.7 Å². The highest BCUT2D eigenvalue weighted by Gasteiger charge is 2.17. The molecule has 0 aliphatic carbocycles. The van der Waals surface area contributed by atoms with E-state index in [0.29, 0.717) is 17.3 Å². The van der Waals surface area contributed by atoms with E-state index in [2.05, 4.69) is 34.5 Å². The van der Waals surface area contributed by atoms with E-state index >= 15 is 0 Å². The Morgan fingerprint density at radius 2 is 1.79 bits per heavy atom. The molecule has 0 aromatic heterocycles. The molecule has 1 saturated heterocycles. The van der Waals surface area contributed by atoms with E-state index in [1.54, 1.807) is 18.2 Å². The molecule has 1 heterocycles. The number of thiocarbonyl (C=S) groups is 1. The maximum Gasteiger partial charge on any atom is 0.173 e. The maximum absolute atomic E-state index is 13.8. The number of hydrogen-bond donors (Lipinski definition) is 1. The number of hydrogen-bond acceptors (Lipinski definition) is 2. The van der Waals surface area contributed by atoms with Gasteiger partial charge in [0.05, 0.1) is 5.69 Å². The molecule has 2 aromatic carbocycles. The Balaban J connectivity index is 1.69. The molecule has 0 amide bonds. The van der Waals surface area contributed by atoms with Gasteiger partial charge in [0.1, 0.15) is 5.82 Å². The van der Waals surface area contributed by atoms with Gasteiger partial charge in [-0.05, 0) is 48.8 Å². The van der Waals surface area contributed by atoms with Crippen LogP contribution < -0.4 is 10.2 Å². The third-order valence-corrected chi connectivity index (χ3v) is 4.72. The van der Waals surface area contributed by atoms with E-state index in [0.717, 1.165) is 13.1 Å². The van der Waals surface area contributed by atoms with Gasteiger partial charge in [0, 0.05) is 32.4 Å². The average Bonchev–Trinajstić information content (AvgIpc) is 3.11. The van der Waals surface area contributed by atoms with Crippen molar-refractivity contribution in [1.29, 1.82) is 0 Å². The number of rotatable bonds is 4. The molecule has 1 aliphatic heterocycles. The van der Waals surface area contributed by atoms with Gasteiger partial charge in [0.15, 0.2) is 5.11 Å². The molecule has 1 fully saturated rings. The minimum absolute atomic E-state index is 0.300. The number of halogens is 1. The molecule has 3 nitrogen and oxygen atoms in total. The van der Waals surface area contributed by atoms with Crippen LogP contribution in [0, 0.1) is 5.82 Å². The molecule has 0 bridgehead atoms. The molecule has 126 valence electrons. The molecule has 0 spiro atoms. The molecule has 0 atom stereocenters. The second kappa shape index (κ2) is 7.62. The van der Waals surface area contributed by atoms with Crippen LogP contribution in [0.2, 0.25) is 0 Å². The van der Waals surface area contributed by atoms with Crippen molar-refractivity contribution in [3.05, 3.63) is 59.9 Å². The van der Waals surface area contributed by atoms with E-state index in [1.165, 1.54) is 30.2 Å². The van der Waals surface area contributed by atoms with Crippen LogP contribution in [0.3, 0.4) is 0 Å². The molecule has 5 heteroatoms. The fourth-order valence-electron chi connectivity index (χ4n) is 3.01. The van der Waals surface area contributed by atoms with Crippen LogP contribution in [0.1, 0.15) is 18.4 Å². The fourth-order valence-corrected chi connectivity index (χ4v) is 3.19. The lowest BCUT2D eigenvalue weighted by Gasteiger charge is -2.26. The zero-order valence-electron chi connectivity index (χ0n) is 13.8. The largest absolute Gasteiger partial charge is 0.371 e. The lowest BCUT2D eigenvalue weighted by atomic mass is 10.1. The van der Waals surface area contributed by atoms with Gasteiger partial charge in [0.25, 0.3) is 0 Å². The Bertz CT molecular complexity index is 713. The first-order valence-electron chi connectivity index (χ1n) is 8.24. The summed E-state index contributed by atoms with van der Waals surface area (Å²) in [4.78, 5) is 4.37. The maximum atomic E-state index is 13.8. The first-order valence-corrected chi connectivity index (χ1v) is 8.65. The zero-order chi connectivity index (χ0) is 16.9. The summed E-state index contributed by atoms with van der Waals surface area (Å²) >= 11 is 5.43. The highest BCUT2D eigenvalue weighted by molar-refractivity contribution is 7.80. The summed E-state index contributed by atoms with van der Waals surface area (Å²) in [5.41, 5.74) is 2.91. The second-order valence-electron chi connectivity index (χ2n) is 6.09. The van der Waals surface area contributed by atoms with E-state index in [9.17, 15) is 4.39 Å². The predicted molar refractivity (Wildman–Crippen MR) is 102 cm³/mol. The standard InChI is InChI=1S/C19H22FN3S/c1-22(19(24)21-17-10-4-3-9-16(17)20)14-15-8-2-5-11-18(15)23-12-6-7-13-23/h2-5,8-11H,6-7,12-14H2,1H3,(H,21,24). The first-order chi connectivity index (χ1) is 11.6. The molecule has 0 saturated carbocycles. The van der Waals surface area contributed by atoms with Gasteiger partial charge >= 0.3 is 0 Å². The van der Waals surface area contributed by atoms with Crippen molar-refractivity contribution < 1.29 is 4.39 Å². The van der Waals surface area contributed by atoms with Crippen molar-refractivity contribution in [2.24, 2.45) is 0 Å². The lowest BCUT2D eigenvalue weighted by Crippen LogP contribution is -2.31. The molecular weight excluding hydrogens is 321 g/mol. The smallest absolute Gasteiger partial charge is 0.173 e. The molecule has 24 heavy (non-hydrogen) atoms. The third kappa shape index (κ3) is 3.85. The Morgan fingerprint density at radius 3 is 2.54 bits per heavy atom. The fraction of sp³-hybridized carbons (Fsp3) is 0.316. The quantitative estimate of drug-likeness (QED) is 0.836. The number of anilines is 2. The van der Waals surface area contributed by atoms with E-state index < -0.39 is 0 Å². The molecular formula is C19H22FN3S. The van der Waals surface area contributed by atoms with Crippen LogP contribution in [0.15, 0.2) is 48.5 Å². The Hall–Kier alpha value is -2.14. The van der Waals surface area contributed by atoms with Gasteiger partial charge in [-0.1, -0.05) is 30.3 Å². The topological polar surface area (TPSA) is 18.5 Å². The van der Waals surface area contributed by atoms with Crippen LogP contribution in [-0.2, 0) is 6.54 Å². The van der Waals surface area contributed by atoms with Crippen molar-refractivity contribution in [3.8, 4) is 0 Å². The molecule has 2 aromatic rings. The Labute approximate surface area is 148 Å². The lowest BCUT2D eigenvalue weighted by molar-refractivity contribution is 0.508. The molecule has 0 radical (unpaired) electrons. The molecule has 1 N–H and O–H groups in total. The monoisotopic (exact) mass is 343 g/mol. The van der Waals surface area contributed by atoms with Gasteiger partial charge in [-0.25, -0.2) is 4.39 Å². The summed E-state index contributed by atoms with van der Waals surface area (Å²) in [7, 11) is 1.93. The van der Waals surface area contributed by atoms with Crippen LogP contribution in [0.25, 0.3) is 0 Å². The summed E-state index contributed by atoms with van der Waals surface area (Å²) in [5.74, 6) is -0.300. The van der Waals surface area contributed by atoms with E-state index in [4.69, 9.17) is 12.2 Å². The summed E-state index contributed by atoms with van der Waals surface area (Å²) in [6.07, 6.45) is 2.49. The van der Waals surface area contributed by atoms with Gasteiger partial charge in [0.2, 0.25) is 0 Å². The van der Waals surface area contributed by atoms with Crippen LogP contribution in [0.5, 0.6) is 0 Å². The number of nitrogens with one attached hydrogen (secondary N) is 1. The minimum atomic E-state index is -0.300. The van der Waals surface area contributed by atoms with Crippen molar-refractivity contribution in [2.45, 2.75) is 19.4 Å². The second-order valence-corrected chi connectivity index (χ2v) is 6.48. The summed E-state index contributed by atoms with van der Waals surface area (Å²) in [5, 5.41) is 3.50. The van der Waals surface area contributed by atoms with Gasteiger partial charge in [-0.15, -0.1) is 0 Å². The molecule has 1 aliphatic rings. The first kappa shape index (κ1) is 16.7. The van der Waals surface area contributed by atoms with Crippen LogP contribution in [-0.4, -0.2) is 30.1 Å². The zero-order valence-corrected chi connectivity index (χ0v) is 14.7. The minimum Gasteiger partial charge on any atom is -0.371 e. The molecule has 3 rings (SSSR count). The SMILES string of the molecule is CN(Cc1ccccc1N1CCCC1)C(=S)Nc1ccccc1F.